The Morgan fingerprint density at radius 3 is 2.33 bits per heavy atom. The Hall–Kier alpha value is -1.67. The van der Waals surface area contributed by atoms with Crippen LogP contribution in [0.5, 0.6) is 0 Å². The second-order valence-electron chi connectivity index (χ2n) is 5.32. The van der Waals surface area contributed by atoms with Gasteiger partial charge in [0.05, 0.1) is 13.2 Å². The van der Waals surface area contributed by atoms with E-state index in [1.807, 2.05) is 6.92 Å². The molecule has 0 heterocycles. The molecule has 0 saturated carbocycles. The first-order valence-corrected chi connectivity index (χ1v) is 8.45. The molecule has 3 N–H and O–H groups in total. The van der Waals surface area contributed by atoms with E-state index in [1.165, 1.54) is 0 Å². The van der Waals surface area contributed by atoms with E-state index in [4.69, 9.17) is 14.6 Å². The lowest BCUT2D eigenvalue weighted by Crippen LogP contribution is -2.42. The van der Waals surface area contributed by atoms with Crippen LogP contribution in [0.2, 0.25) is 0 Å². The van der Waals surface area contributed by atoms with Crippen molar-refractivity contribution in [3.8, 4) is 0 Å². The van der Waals surface area contributed by atoms with Gasteiger partial charge in [0.2, 0.25) is 11.8 Å². The first-order chi connectivity index (χ1) is 11.5. The fourth-order valence-corrected chi connectivity index (χ4v) is 1.85. The Morgan fingerprint density at radius 2 is 1.71 bits per heavy atom. The highest BCUT2D eigenvalue weighted by atomic mass is 16.5. The van der Waals surface area contributed by atoms with Crippen LogP contribution in [0.1, 0.15) is 46.0 Å². The molecule has 0 saturated heterocycles. The highest BCUT2D eigenvalue weighted by molar-refractivity contribution is 5.84. The van der Waals surface area contributed by atoms with E-state index in [0.29, 0.717) is 52.0 Å². The van der Waals surface area contributed by atoms with Gasteiger partial charge in [-0.25, -0.2) is 4.79 Å². The standard InChI is InChI=1S/C16H30N2O6/c1-3-9-23-10-11-24-12-15(20)18-13(16(21)22)7-5-6-8-17-14(19)4-2/h13H,3-12H2,1-2H3,(H,17,19)(H,18,20)(H,21,22). The fraction of sp³-hybridized carbons (Fsp3) is 0.812. The molecular weight excluding hydrogens is 316 g/mol. The largest absolute Gasteiger partial charge is 0.480 e. The molecule has 0 spiro atoms. The third kappa shape index (κ3) is 12.8. The van der Waals surface area contributed by atoms with Crippen LogP contribution in [0.3, 0.4) is 0 Å². The zero-order chi connectivity index (χ0) is 18.2. The Labute approximate surface area is 143 Å². The van der Waals surface area contributed by atoms with Crippen molar-refractivity contribution in [2.75, 3.05) is 33.0 Å². The van der Waals surface area contributed by atoms with Gasteiger partial charge in [0.1, 0.15) is 12.6 Å². The average Bonchev–Trinajstić information content (AvgIpc) is 2.56. The Morgan fingerprint density at radius 1 is 1.00 bits per heavy atom. The molecule has 0 aliphatic rings. The number of nitrogens with one attached hydrogen (secondary N) is 2. The molecule has 0 aromatic carbocycles. The number of carbonyl (C=O) groups excluding carboxylic acids is 2. The lowest BCUT2D eigenvalue weighted by atomic mass is 10.1. The maximum Gasteiger partial charge on any atom is 0.326 e. The number of carboxylic acid groups (broad SMARTS) is 1. The predicted molar refractivity (Wildman–Crippen MR) is 88.6 cm³/mol. The van der Waals surface area contributed by atoms with Crippen molar-refractivity contribution in [3.05, 3.63) is 0 Å². The second kappa shape index (κ2) is 14.9. The quantitative estimate of drug-likeness (QED) is 0.376. The summed E-state index contributed by atoms with van der Waals surface area (Å²) in [4.78, 5) is 33.9. The molecule has 0 aliphatic carbocycles. The second-order valence-corrected chi connectivity index (χ2v) is 5.32. The van der Waals surface area contributed by atoms with E-state index < -0.39 is 17.9 Å². The lowest BCUT2D eigenvalue weighted by Gasteiger charge is -2.14. The van der Waals surface area contributed by atoms with E-state index >= 15 is 0 Å². The van der Waals surface area contributed by atoms with Crippen molar-refractivity contribution in [1.29, 1.82) is 0 Å². The molecule has 0 aliphatic heterocycles. The number of unbranched alkanes of at least 4 members (excludes halogenated alkanes) is 1. The number of carbonyl (C=O) groups is 3. The highest BCUT2D eigenvalue weighted by Gasteiger charge is 2.19. The minimum atomic E-state index is -1.08. The van der Waals surface area contributed by atoms with Gasteiger partial charge in [-0.1, -0.05) is 13.8 Å². The summed E-state index contributed by atoms with van der Waals surface area (Å²) >= 11 is 0. The molecule has 2 amide bonds. The van der Waals surface area contributed by atoms with E-state index in [0.717, 1.165) is 6.42 Å². The number of amides is 2. The summed E-state index contributed by atoms with van der Waals surface area (Å²) in [5, 5.41) is 14.3. The van der Waals surface area contributed by atoms with Crippen LogP contribution in [0.4, 0.5) is 0 Å². The van der Waals surface area contributed by atoms with Crippen LogP contribution in [0.25, 0.3) is 0 Å². The molecule has 0 bridgehead atoms. The summed E-state index contributed by atoms with van der Waals surface area (Å²) in [6.07, 6.45) is 2.91. The summed E-state index contributed by atoms with van der Waals surface area (Å²) in [6, 6.07) is -0.945. The molecule has 8 heteroatoms. The summed E-state index contributed by atoms with van der Waals surface area (Å²) in [6.45, 7) is 5.44. The molecule has 0 rings (SSSR count). The number of aliphatic carboxylic acids is 1. The first kappa shape index (κ1) is 22.3. The third-order valence-electron chi connectivity index (χ3n) is 3.15. The SMILES string of the molecule is CCCOCCOCC(=O)NC(CCCCNC(=O)CC)C(=O)O. The maximum absolute atomic E-state index is 11.7. The Bertz CT molecular complexity index is 376. The molecular formula is C16H30N2O6. The van der Waals surface area contributed by atoms with Gasteiger partial charge < -0.3 is 25.2 Å². The maximum atomic E-state index is 11.7. The van der Waals surface area contributed by atoms with Crippen LogP contribution < -0.4 is 10.6 Å². The van der Waals surface area contributed by atoms with Gasteiger partial charge in [-0.3, -0.25) is 9.59 Å². The van der Waals surface area contributed by atoms with Gasteiger partial charge in [0.15, 0.2) is 0 Å². The average molecular weight is 346 g/mol. The molecule has 140 valence electrons. The smallest absolute Gasteiger partial charge is 0.326 e. The lowest BCUT2D eigenvalue weighted by molar-refractivity contribution is -0.142. The van der Waals surface area contributed by atoms with Crippen molar-refractivity contribution >= 4 is 17.8 Å². The minimum absolute atomic E-state index is 0.0295. The highest BCUT2D eigenvalue weighted by Crippen LogP contribution is 2.01. The van der Waals surface area contributed by atoms with Gasteiger partial charge >= 0.3 is 5.97 Å². The van der Waals surface area contributed by atoms with Crippen molar-refractivity contribution in [2.24, 2.45) is 0 Å². The third-order valence-corrected chi connectivity index (χ3v) is 3.15. The normalized spacial score (nSPS) is 11.8. The van der Waals surface area contributed by atoms with E-state index in [9.17, 15) is 14.4 Å². The molecule has 1 unspecified atom stereocenters. The number of ether oxygens (including phenoxy) is 2. The minimum Gasteiger partial charge on any atom is -0.480 e. The number of hydrogen-bond donors (Lipinski definition) is 3. The summed E-state index contributed by atoms with van der Waals surface area (Å²) in [5.74, 6) is -1.57. The molecule has 0 aromatic heterocycles. The first-order valence-electron chi connectivity index (χ1n) is 8.45. The van der Waals surface area contributed by atoms with Crippen molar-refractivity contribution in [3.63, 3.8) is 0 Å². The summed E-state index contributed by atoms with van der Waals surface area (Å²) < 4.78 is 10.3. The topological polar surface area (TPSA) is 114 Å². The molecule has 1 atom stereocenters. The van der Waals surface area contributed by atoms with Crippen LogP contribution in [-0.4, -0.2) is 61.9 Å². The van der Waals surface area contributed by atoms with Crippen molar-refractivity contribution in [2.45, 2.75) is 52.0 Å². The van der Waals surface area contributed by atoms with Crippen molar-refractivity contribution < 1.29 is 29.0 Å². The van der Waals surface area contributed by atoms with E-state index in [-0.39, 0.29) is 12.5 Å². The molecule has 24 heavy (non-hydrogen) atoms. The molecule has 8 nitrogen and oxygen atoms in total. The van der Waals surface area contributed by atoms with Gasteiger partial charge in [0, 0.05) is 19.6 Å². The summed E-state index contributed by atoms with van der Waals surface area (Å²) in [5.41, 5.74) is 0. The van der Waals surface area contributed by atoms with Gasteiger partial charge in [-0.15, -0.1) is 0 Å². The number of carboxylic acids is 1. The van der Waals surface area contributed by atoms with Crippen LogP contribution >= 0.6 is 0 Å². The Kier molecular flexibility index (Phi) is 13.9. The monoisotopic (exact) mass is 346 g/mol. The number of rotatable bonds is 15. The van der Waals surface area contributed by atoms with Crippen LogP contribution in [0.15, 0.2) is 0 Å². The zero-order valence-corrected chi connectivity index (χ0v) is 14.6. The molecule has 0 fully saturated rings. The van der Waals surface area contributed by atoms with Gasteiger partial charge in [0.25, 0.3) is 0 Å². The van der Waals surface area contributed by atoms with Crippen LogP contribution in [0, 0.1) is 0 Å². The number of hydrogen-bond acceptors (Lipinski definition) is 5. The van der Waals surface area contributed by atoms with E-state index in [1.54, 1.807) is 6.92 Å². The molecule has 0 aromatic rings. The van der Waals surface area contributed by atoms with Gasteiger partial charge in [-0.05, 0) is 25.7 Å². The van der Waals surface area contributed by atoms with Gasteiger partial charge in [-0.2, -0.15) is 0 Å². The van der Waals surface area contributed by atoms with Crippen molar-refractivity contribution in [1.82, 2.24) is 10.6 Å². The predicted octanol–water partition coefficient (Wildman–Crippen LogP) is 0.696. The Balaban J connectivity index is 3.83. The van der Waals surface area contributed by atoms with Crippen LogP contribution in [-0.2, 0) is 23.9 Å². The summed E-state index contributed by atoms with van der Waals surface area (Å²) in [7, 11) is 0. The molecule has 0 radical (unpaired) electrons. The fourth-order valence-electron chi connectivity index (χ4n) is 1.85. The zero-order valence-electron chi connectivity index (χ0n) is 14.6. The van der Waals surface area contributed by atoms with E-state index in [2.05, 4.69) is 10.6 Å².